The third kappa shape index (κ3) is 4.07. The molecule has 3 rings (SSSR count). The van der Waals surface area contributed by atoms with Gasteiger partial charge in [0.2, 0.25) is 0 Å². The van der Waals surface area contributed by atoms with Crippen LogP contribution >= 0.6 is 0 Å². The standard InChI is InChI=1S/C18H29N3O/c1-14-9-17(20-11-16-10-19-12-18(16)22)7-8-21(14)13-15-5-3-2-4-6-15/h2-6,14,16-20,22H,7-13H2,1H3. The maximum Gasteiger partial charge on any atom is 0.0716 e. The molecule has 4 unspecified atom stereocenters. The number of piperidine rings is 1. The molecule has 2 saturated heterocycles. The van der Waals surface area contributed by atoms with E-state index in [0.29, 0.717) is 18.0 Å². The molecule has 4 nitrogen and oxygen atoms in total. The Bertz CT molecular complexity index is 453. The van der Waals surface area contributed by atoms with Gasteiger partial charge in [-0.25, -0.2) is 0 Å². The summed E-state index contributed by atoms with van der Waals surface area (Å²) in [7, 11) is 0. The number of β-amino-alcohol motifs (C(OH)–C–C–N with tert-alkyl or cyclic N) is 1. The van der Waals surface area contributed by atoms with Gasteiger partial charge in [-0.15, -0.1) is 0 Å². The van der Waals surface area contributed by atoms with Crippen molar-refractivity contribution in [2.75, 3.05) is 26.2 Å². The third-order valence-electron chi connectivity index (χ3n) is 5.22. The van der Waals surface area contributed by atoms with E-state index >= 15 is 0 Å². The third-order valence-corrected chi connectivity index (χ3v) is 5.22. The monoisotopic (exact) mass is 303 g/mol. The average molecular weight is 303 g/mol. The van der Waals surface area contributed by atoms with Crippen molar-refractivity contribution < 1.29 is 5.11 Å². The molecule has 0 aromatic heterocycles. The van der Waals surface area contributed by atoms with Gasteiger partial charge < -0.3 is 15.7 Å². The zero-order valence-electron chi connectivity index (χ0n) is 13.5. The molecule has 1 aromatic rings. The smallest absolute Gasteiger partial charge is 0.0716 e. The molecule has 4 heteroatoms. The van der Waals surface area contributed by atoms with Crippen molar-refractivity contribution >= 4 is 0 Å². The molecular formula is C18H29N3O. The topological polar surface area (TPSA) is 47.5 Å². The summed E-state index contributed by atoms with van der Waals surface area (Å²) >= 11 is 0. The molecule has 2 fully saturated rings. The van der Waals surface area contributed by atoms with Crippen LogP contribution in [0.25, 0.3) is 0 Å². The number of likely N-dealkylation sites (tertiary alicyclic amines) is 1. The van der Waals surface area contributed by atoms with Crippen LogP contribution in [-0.4, -0.2) is 54.4 Å². The Kier molecular flexibility index (Phi) is 5.47. The highest BCUT2D eigenvalue weighted by molar-refractivity contribution is 5.14. The fourth-order valence-corrected chi connectivity index (χ4v) is 3.70. The van der Waals surface area contributed by atoms with Gasteiger partial charge >= 0.3 is 0 Å². The molecule has 0 bridgehead atoms. The molecule has 3 N–H and O–H groups in total. The zero-order chi connectivity index (χ0) is 15.4. The predicted molar refractivity (Wildman–Crippen MR) is 89.7 cm³/mol. The molecule has 1 aromatic carbocycles. The Labute approximate surface area is 133 Å². The Morgan fingerprint density at radius 3 is 2.77 bits per heavy atom. The Balaban J connectivity index is 1.43. The number of hydrogen-bond acceptors (Lipinski definition) is 4. The van der Waals surface area contributed by atoms with Gasteiger partial charge in [0.1, 0.15) is 0 Å². The fourth-order valence-electron chi connectivity index (χ4n) is 3.70. The van der Waals surface area contributed by atoms with E-state index in [1.807, 2.05) is 0 Å². The first-order valence-corrected chi connectivity index (χ1v) is 8.62. The molecular weight excluding hydrogens is 274 g/mol. The molecule has 2 aliphatic rings. The number of rotatable bonds is 5. The first-order chi connectivity index (χ1) is 10.7. The molecule has 0 radical (unpaired) electrons. The van der Waals surface area contributed by atoms with Crippen molar-refractivity contribution in [3.05, 3.63) is 35.9 Å². The van der Waals surface area contributed by atoms with Gasteiger partial charge in [-0.3, -0.25) is 4.90 Å². The van der Waals surface area contributed by atoms with E-state index in [0.717, 1.165) is 32.7 Å². The van der Waals surface area contributed by atoms with Gasteiger partial charge in [0.25, 0.3) is 0 Å². The van der Waals surface area contributed by atoms with Gasteiger partial charge in [0.05, 0.1) is 6.10 Å². The zero-order valence-corrected chi connectivity index (χ0v) is 13.5. The van der Waals surface area contributed by atoms with Crippen LogP contribution in [0.3, 0.4) is 0 Å². The number of benzene rings is 1. The number of nitrogens with one attached hydrogen (secondary N) is 2. The quantitative estimate of drug-likeness (QED) is 0.765. The van der Waals surface area contributed by atoms with Crippen molar-refractivity contribution in [2.45, 2.75) is 44.5 Å². The van der Waals surface area contributed by atoms with Gasteiger partial charge in [-0.2, -0.15) is 0 Å². The summed E-state index contributed by atoms with van der Waals surface area (Å²) in [5.41, 5.74) is 1.40. The minimum absolute atomic E-state index is 0.178. The predicted octanol–water partition coefficient (Wildman–Crippen LogP) is 1.21. The molecule has 0 spiro atoms. The highest BCUT2D eigenvalue weighted by atomic mass is 16.3. The van der Waals surface area contributed by atoms with E-state index < -0.39 is 0 Å². The molecule has 0 aliphatic carbocycles. The lowest BCUT2D eigenvalue weighted by Crippen LogP contribution is -2.48. The summed E-state index contributed by atoms with van der Waals surface area (Å²) in [5.74, 6) is 0.373. The molecule has 0 saturated carbocycles. The van der Waals surface area contributed by atoms with Gasteiger partial charge in [0.15, 0.2) is 0 Å². The van der Waals surface area contributed by atoms with Crippen LogP contribution in [0.5, 0.6) is 0 Å². The van der Waals surface area contributed by atoms with E-state index in [2.05, 4.69) is 52.8 Å². The highest BCUT2D eigenvalue weighted by Crippen LogP contribution is 2.20. The van der Waals surface area contributed by atoms with E-state index in [-0.39, 0.29) is 6.10 Å². The van der Waals surface area contributed by atoms with Crippen LogP contribution in [0.4, 0.5) is 0 Å². The van der Waals surface area contributed by atoms with Crippen molar-refractivity contribution in [1.29, 1.82) is 0 Å². The maximum atomic E-state index is 9.87. The first-order valence-electron chi connectivity index (χ1n) is 8.62. The largest absolute Gasteiger partial charge is 0.391 e. The summed E-state index contributed by atoms with van der Waals surface area (Å²) in [6.07, 6.45) is 2.22. The van der Waals surface area contributed by atoms with Crippen LogP contribution in [0.1, 0.15) is 25.3 Å². The van der Waals surface area contributed by atoms with Gasteiger partial charge in [-0.05, 0) is 25.3 Å². The molecule has 0 amide bonds. The molecule has 122 valence electrons. The van der Waals surface area contributed by atoms with Crippen molar-refractivity contribution in [3.8, 4) is 0 Å². The highest BCUT2D eigenvalue weighted by Gasteiger charge is 2.28. The second-order valence-corrected chi connectivity index (χ2v) is 6.92. The lowest BCUT2D eigenvalue weighted by atomic mass is 9.96. The minimum Gasteiger partial charge on any atom is -0.391 e. The number of aliphatic hydroxyl groups excluding tert-OH is 1. The Hall–Kier alpha value is -0.940. The number of hydrogen-bond donors (Lipinski definition) is 3. The normalized spacial score (nSPS) is 33.2. The van der Waals surface area contributed by atoms with Crippen LogP contribution in [-0.2, 0) is 6.54 Å². The van der Waals surface area contributed by atoms with E-state index in [1.54, 1.807) is 0 Å². The fraction of sp³-hybridized carbons (Fsp3) is 0.667. The summed E-state index contributed by atoms with van der Waals surface area (Å²) in [5, 5.41) is 16.8. The second kappa shape index (κ2) is 7.55. The molecule has 2 heterocycles. The lowest BCUT2D eigenvalue weighted by molar-refractivity contribution is 0.116. The number of aliphatic hydroxyl groups is 1. The van der Waals surface area contributed by atoms with Gasteiger partial charge in [-0.1, -0.05) is 30.3 Å². The second-order valence-electron chi connectivity index (χ2n) is 6.92. The minimum atomic E-state index is -0.178. The summed E-state index contributed by atoms with van der Waals surface area (Å²) in [6.45, 7) is 7.17. The Morgan fingerprint density at radius 1 is 1.27 bits per heavy atom. The summed E-state index contributed by atoms with van der Waals surface area (Å²) in [4.78, 5) is 2.58. The van der Waals surface area contributed by atoms with Crippen LogP contribution in [0, 0.1) is 5.92 Å². The van der Waals surface area contributed by atoms with Crippen LogP contribution in [0.15, 0.2) is 30.3 Å². The van der Waals surface area contributed by atoms with E-state index in [9.17, 15) is 5.11 Å². The van der Waals surface area contributed by atoms with Crippen LogP contribution in [0.2, 0.25) is 0 Å². The van der Waals surface area contributed by atoms with E-state index in [1.165, 1.54) is 18.4 Å². The summed E-state index contributed by atoms with van der Waals surface area (Å²) < 4.78 is 0. The molecule has 22 heavy (non-hydrogen) atoms. The number of nitrogens with zero attached hydrogens (tertiary/aromatic N) is 1. The van der Waals surface area contributed by atoms with Crippen molar-refractivity contribution in [3.63, 3.8) is 0 Å². The SMILES string of the molecule is CC1CC(NCC2CNCC2O)CCN1Cc1ccccc1. The van der Waals surface area contributed by atoms with Crippen LogP contribution < -0.4 is 10.6 Å². The van der Waals surface area contributed by atoms with Crippen molar-refractivity contribution in [1.82, 2.24) is 15.5 Å². The average Bonchev–Trinajstić information content (AvgIpc) is 2.94. The van der Waals surface area contributed by atoms with Gasteiger partial charge in [0, 0.05) is 50.7 Å². The Morgan fingerprint density at radius 2 is 2.09 bits per heavy atom. The molecule has 2 aliphatic heterocycles. The molecule has 4 atom stereocenters. The lowest BCUT2D eigenvalue weighted by Gasteiger charge is -2.38. The summed E-state index contributed by atoms with van der Waals surface area (Å²) in [6, 6.07) is 11.9. The van der Waals surface area contributed by atoms with Crippen molar-refractivity contribution in [2.24, 2.45) is 5.92 Å². The maximum absolute atomic E-state index is 9.87. The van der Waals surface area contributed by atoms with E-state index in [4.69, 9.17) is 0 Å². The first kappa shape index (κ1) is 15.9.